The Kier molecular flexibility index (Phi) is 3.00. The number of alkyl halides is 1. The third kappa shape index (κ3) is 1.71. The summed E-state index contributed by atoms with van der Waals surface area (Å²) in [6.45, 7) is 0. The third-order valence-electron chi connectivity index (χ3n) is 3.74. The average molecular weight is 346 g/mol. The van der Waals surface area contributed by atoms with E-state index in [0.29, 0.717) is 5.92 Å². The fourth-order valence-electron chi connectivity index (χ4n) is 2.88. The van der Waals surface area contributed by atoms with Gasteiger partial charge in [-0.1, -0.05) is 34.2 Å². The molecule has 0 bridgehead atoms. The van der Waals surface area contributed by atoms with Crippen molar-refractivity contribution in [2.75, 3.05) is 5.33 Å². The van der Waals surface area contributed by atoms with Gasteiger partial charge in [-0.3, -0.25) is 4.31 Å². The maximum absolute atomic E-state index is 5.43. The number of hydrogen-bond acceptors (Lipinski definition) is 3. The largest absolute Gasteiger partial charge is 0.472 e. The maximum Gasteiger partial charge on any atom is 0.0983 e. The molecule has 100 valence electrons. The van der Waals surface area contributed by atoms with E-state index >= 15 is 0 Å². The predicted octanol–water partition coefficient (Wildman–Crippen LogP) is 4.55. The Morgan fingerprint density at radius 1 is 1.25 bits per heavy atom. The number of nitrogens with zero attached hydrogens (tertiary/aromatic N) is 1. The van der Waals surface area contributed by atoms with Crippen LogP contribution in [0.4, 0.5) is 0 Å². The van der Waals surface area contributed by atoms with E-state index in [4.69, 9.17) is 4.74 Å². The van der Waals surface area contributed by atoms with Crippen LogP contribution in [-0.2, 0) is 4.74 Å². The normalized spacial score (nSPS) is 26.1. The summed E-state index contributed by atoms with van der Waals surface area (Å²) in [6.07, 6.45) is 16.4. The second kappa shape index (κ2) is 4.86. The molecule has 3 heterocycles. The van der Waals surface area contributed by atoms with Gasteiger partial charge in [0.25, 0.3) is 0 Å². The van der Waals surface area contributed by atoms with E-state index in [2.05, 4.69) is 56.0 Å². The van der Waals surface area contributed by atoms with Gasteiger partial charge in [-0.05, 0) is 46.7 Å². The lowest BCUT2D eigenvalue weighted by Gasteiger charge is -2.23. The van der Waals surface area contributed by atoms with Crippen molar-refractivity contribution in [3.63, 3.8) is 0 Å². The van der Waals surface area contributed by atoms with Gasteiger partial charge in [0.15, 0.2) is 0 Å². The molecule has 0 aromatic carbocycles. The Labute approximate surface area is 130 Å². The van der Waals surface area contributed by atoms with Gasteiger partial charge in [-0.15, -0.1) is 0 Å². The van der Waals surface area contributed by atoms with Crippen LogP contribution in [0.2, 0.25) is 0 Å². The van der Waals surface area contributed by atoms with Crippen molar-refractivity contribution < 1.29 is 4.74 Å². The Bertz CT molecular complexity index is 679. The first-order valence-electron chi connectivity index (χ1n) is 6.45. The molecule has 0 radical (unpaired) electrons. The molecule has 4 heteroatoms. The molecule has 4 rings (SSSR count). The molecule has 0 N–H and O–H groups in total. The Balaban J connectivity index is 1.90. The van der Waals surface area contributed by atoms with Gasteiger partial charge in [-0.25, -0.2) is 0 Å². The molecule has 3 aliphatic heterocycles. The van der Waals surface area contributed by atoms with E-state index in [1.54, 1.807) is 18.2 Å². The summed E-state index contributed by atoms with van der Waals surface area (Å²) in [6, 6.07) is 0. The fraction of sp³-hybridized carbons (Fsp3) is 0.125. The zero-order valence-corrected chi connectivity index (χ0v) is 13.0. The lowest BCUT2D eigenvalue weighted by molar-refractivity contribution is 0.394. The van der Waals surface area contributed by atoms with Crippen LogP contribution in [0.3, 0.4) is 0 Å². The monoisotopic (exact) mass is 345 g/mol. The van der Waals surface area contributed by atoms with Crippen LogP contribution in [-0.4, -0.2) is 9.64 Å². The number of allylic oxidation sites excluding steroid dienone is 9. The van der Waals surface area contributed by atoms with E-state index in [0.717, 1.165) is 5.33 Å². The second-order valence-corrected chi connectivity index (χ2v) is 6.27. The molecule has 0 spiro atoms. The smallest absolute Gasteiger partial charge is 0.0983 e. The van der Waals surface area contributed by atoms with Crippen molar-refractivity contribution in [1.29, 1.82) is 0 Å². The summed E-state index contributed by atoms with van der Waals surface area (Å²) in [5.41, 5.74) is 6.33. The van der Waals surface area contributed by atoms with E-state index in [9.17, 15) is 0 Å². The highest BCUT2D eigenvalue weighted by atomic mass is 79.9. The lowest BCUT2D eigenvalue weighted by atomic mass is 9.89. The highest BCUT2D eigenvalue weighted by Crippen LogP contribution is 2.49. The van der Waals surface area contributed by atoms with Crippen molar-refractivity contribution in [2.45, 2.75) is 0 Å². The van der Waals surface area contributed by atoms with Crippen molar-refractivity contribution >= 4 is 27.9 Å². The summed E-state index contributed by atoms with van der Waals surface area (Å²) < 4.78 is 7.74. The van der Waals surface area contributed by atoms with E-state index in [1.165, 1.54) is 28.1 Å². The molecule has 0 aromatic heterocycles. The molecule has 0 amide bonds. The van der Waals surface area contributed by atoms with E-state index in [1.807, 2.05) is 12.3 Å². The van der Waals surface area contributed by atoms with Gasteiger partial charge < -0.3 is 4.74 Å². The van der Waals surface area contributed by atoms with Gasteiger partial charge in [0.1, 0.15) is 0 Å². The Hall–Kier alpha value is -1.39. The minimum Gasteiger partial charge on any atom is -0.472 e. The first-order valence-corrected chi connectivity index (χ1v) is 8.41. The quantitative estimate of drug-likeness (QED) is 0.511. The maximum atomic E-state index is 5.43. The topological polar surface area (TPSA) is 12.5 Å². The first kappa shape index (κ1) is 12.4. The summed E-state index contributed by atoms with van der Waals surface area (Å²) in [5.74, 6) is 0.356. The molecule has 0 saturated carbocycles. The van der Waals surface area contributed by atoms with Crippen molar-refractivity contribution in [2.24, 2.45) is 5.92 Å². The van der Waals surface area contributed by atoms with E-state index in [-0.39, 0.29) is 0 Å². The van der Waals surface area contributed by atoms with Gasteiger partial charge >= 0.3 is 0 Å². The molecule has 0 saturated heterocycles. The second-order valence-electron chi connectivity index (χ2n) is 4.78. The van der Waals surface area contributed by atoms with Crippen LogP contribution in [0.1, 0.15) is 0 Å². The summed E-state index contributed by atoms with van der Waals surface area (Å²) >= 11 is 5.41. The summed E-state index contributed by atoms with van der Waals surface area (Å²) in [7, 11) is 0. The highest BCUT2D eigenvalue weighted by molar-refractivity contribution is 9.09. The molecule has 0 fully saturated rings. The van der Waals surface area contributed by atoms with Gasteiger partial charge in [0.2, 0.25) is 0 Å². The Morgan fingerprint density at radius 3 is 3.10 bits per heavy atom. The number of hydrogen-bond donors (Lipinski definition) is 0. The standard InChI is InChI=1S/C16H12BrNOS/c17-9-12-14-5-2-8-20-18(14)15-4-1-3-11-6-7-19-10-13(11)16(12)15/h1-8,10,12H,9H2. The third-order valence-corrected chi connectivity index (χ3v) is 5.29. The van der Waals surface area contributed by atoms with Crippen LogP contribution in [0.5, 0.6) is 0 Å². The Morgan fingerprint density at radius 2 is 2.20 bits per heavy atom. The van der Waals surface area contributed by atoms with E-state index < -0.39 is 0 Å². The van der Waals surface area contributed by atoms with Crippen molar-refractivity contribution in [3.05, 3.63) is 82.5 Å². The fourth-order valence-corrected chi connectivity index (χ4v) is 4.38. The summed E-state index contributed by atoms with van der Waals surface area (Å²) in [5, 5.41) is 3.02. The van der Waals surface area contributed by atoms with Gasteiger partial charge in [0.05, 0.1) is 18.2 Å². The molecule has 0 aromatic rings. The zero-order valence-electron chi connectivity index (χ0n) is 10.6. The van der Waals surface area contributed by atoms with Gasteiger partial charge in [-0.2, -0.15) is 0 Å². The lowest BCUT2D eigenvalue weighted by Crippen LogP contribution is -2.14. The van der Waals surface area contributed by atoms with Crippen molar-refractivity contribution in [1.82, 2.24) is 4.31 Å². The number of rotatable bonds is 1. The minimum absolute atomic E-state index is 0.356. The molecular formula is C16H12BrNOS. The molecule has 4 aliphatic rings. The minimum atomic E-state index is 0.356. The molecule has 2 nitrogen and oxygen atoms in total. The molecule has 1 unspecified atom stereocenters. The van der Waals surface area contributed by atoms with Gasteiger partial charge in [0, 0.05) is 22.5 Å². The van der Waals surface area contributed by atoms with Crippen LogP contribution >= 0.6 is 27.9 Å². The molecule has 1 aliphatic carbocycles. The number of ether oxygens (including phenoxy) is 1. The van der Waals surface area contributed by atoms with Crippen LogP contribution in [0.15, 0.2) is 82.5 Å². The predicted molar refractivity (Wildman–Crippen MR) is 86.5 cm³/mol. The molecule has 1 atom stereocenters. The SMILES string of the molecule is BrCC1C2=CC=CSN2C2=C1C1=COC=CC1=CC=C2. The molecular weight excluding hydrogens is 334 g/mol. The summed E-state index contributed by atoms with van der Waals surface area (Å²) in [4.78, 5) is 0. The van der Waals surface area contributed by atoms with Crippen LogP contribution in [0.25, 0.3) is 0 Å². The first-order chi connectivity index (χ1) is 9.90. The van der Waals surface area contributed by atoms with Crippen LogP contribution < -0.4 is 0 Å². The zero-order chi connectivity index (χ0) is 13.5. The molecule has 20 heavy (non-hydrogen) atoms. The number of fused-ring (bicyclic) bond motifs is 4. The van der Waals surface area contributed by atoms with Crippen molar-refractivity contribution in [3.8, 4) is 0 Å². The van der Waals surface area contributed by atoms with Crippen LogP contribution in [0, 0.1) is 5.92 Å². The number of halogens is 1. The average Bonchev–Trinajstić information content (AvgIpc) is 2.69. The highest BCUT2D eigenvalue weighted by Gasteiger charge is 2.38.